The summed E-state index contributed by atoms with van der Waals surface area (Å²) in [5.41, 5.74) is 7.24. The minimum Gasteiger partial charge on any atom is -0.374 e. The van der Waals surface area contributed by atoms with Crippen molar-refractivity contribution in [3.63, 3.8) is 0 Å². The summed E-state index contributed by atoms with van der Waals surface area (Å²) in [6.45, 7) is 5.79. The fourth-order valence-corrected chi connectivity index (χ4v) is 9.00. The molecule has 4 aromatic rings. The first kappa shape index (κ1) is 37.0. The molecular formula is C43H47FN8O4. The fourth-order valence-electron chi connectivity index (χ4n) is 9.00. The largest absolute Gasteiger partial charge is 0.374 e. The lowest BCUT2D eigenvalue weighted by Crippen LogP contribution is -2.47. The van der Waals surface area contributed by atoms with Crippen molar-refractivity contribution in [2.75, 3.05) is 66.3 Å². The highest BCUT2D eigenvalue weighted by atomic mass is 19.1. The van der Waals surface area contributed by atoms with Crippen molar-refractivity contribution in [2.45, 2.75) is 57.4 Å². The Kier molecular flexibility index (Phi) is 9.91. The molecule has 3 fully saturated rings. The summed E-state index contributed by atoms with van der Waals surface area (Å²) < 4.78 is 17.1. The summed E-state index contributed by atoms with van der Waals surface area (Å²) in [5.74, 6) is -0.867. The van der Waals surface area contributed by atoms with Crippen molar-refractivity contribution in [1.82, 2.24) is 14.8 Å². The van der Waals surface area contributed by atoms with Gasteiger partial charge in [0.2, 0.25) is 17.7 Å². The third kappa shape index (κ3) is 6.93. The Morgan fingerprint density at radius 1 is 0.839 bits per heavy atom. The number of carbonyl (C=O) groups is 3. The summed E-state index contributed by atoms with van der Waals surface area (Å²) in [6.07, 6.45) is 3.47. The quantitative estimate of drug-likeness (QED) is 0.252. The second kappa shape index (κ2) is 15.0. The number of fused-ring (bicyclic) bond motifs is 2. The lowest BCUT2D eigenvalue weighted by atomic mass is 9.86. The number of carbonyl (C=O) groups excluding carboxylic acids is 3. The number of imide groups is 1. The molecule has 0 aliphatic carbocycles. The van der Waals surface area contributed by atoms with Gasteiger partial charge in [0.25, 0.3) is 5.56 Å². The number of pyridine rings is 1. The maximum atomic E-state index is 15.3. The number of piperidine rings is 3. The third-order valence-corrected chi connectivity index (χ3v) is 12.3. The minimum atomic E-state index is -0.589. The van der Waals surface area contributed by atoms with Crippen LogP contribution in [0, 0.1) is 30.0 Å². The Labute approximate surface area is 325 Å². The van der Waals surface area contributed by atoms with Gasteiger partial charge in [0.05, 0.1) is 39.9 Å². The van der Waals surface area contributed by atoms with Gasteiger partial charge in [-0.1, -0.05) is 0 Å². The predicted molar refractivity (Wildman–Crippen MR) is 215 cm³/mol. The maximum absolute atomic E-state index is 15.3. The van der Waals surface area contributed by atoms with Crippen molar-refractivity contribution in [1.29, 1.82) is 5.26 Å². The number of halogens is 1. The highest BCUT2D eigenvalue weighted by Crippen LogP contribution is 2.43. The van der Waals surface area contributed by atoms with Crippen molar-refractivity contribution in [2.24, 2.45) is 13.0 Å². The molecule has 3 saturated heterocycles. The summed E-state index contributed by atoms with van der Waals surface area (Å²) in [6, 6.07) is 18.7. The van der Waals surface area contributed by atoms with Gasteiger partial charge < -0.3 is 29.5 Å². The van der Waals surface area contributed by atoms with Gasteiger partial charge in [-0.3, -0.25) is 24.5 Å². The van der Waals surface area contributed by atoms with E-state index in [1.165, 1.54) is 6.07 Å². The second-order valence-electron chi connectivity index (χ2n) is 15.7. The number of hydrogen-bond acceptors (Lipinski definition) is 9. The molecule has 12 nitrogen and oxygen atoms in total. The summed E-state index contributed by atoms with van der Waals surface area (Å²) >= 11 is 0. The normalized spacial score (nSPS) is 19.5. The van der Waals surface area contributed by atoms with Crippen molar-refractivity contribution < 1.29 is 18.8 Å². The van der Waals surface area contributed by atoms with Crippen LogP contribution in [-0.4, -0.2) is 79.5 Å². The fraction of sp³-hybridized carbons (Fsp3) is 0.419. The zero-order valence-corrected chi connectivity index (χ0v) is 32.1. The molecule has 0 spiro atoms. The zero-order chi connectivity index (χ0) is 39.2. The average molecular weight is 759 g/mol. The predicted octanol–water partition coefficient (Wildman–Crippen LogP) is 5.29. The molecule has 8 rings (SSSR count). The number of likely N-dealkylation sites (N-methyl/N-ethyl adjacent to an activating group) is 1. The van der Waals surface area contributed by atoms with E-state index in [-0.39, 0.29) is 35.6 Å². The second-order valence-corrected chi connectivity index (χ2v) is 15.7. The molecule has 1 unspecified atom stereocenters. The van der Waals surface area contributed by atoms with E-state index in [1.807, 2.05) is 48.0 Å². The molecule has 56 heavy (non-hydrogen) atoms. The van der Waals surface area contributed by atoms with Crippen molar-refractivity contribution >= 4 is 57.1 Å². The third-order valence-electron chi connectivity index (χ3n) is 12.3. The van der Waals surface area contributed by atoms with E-state index >= 15 is 4.39 Å². The number of aromatic nitrogens is 1. The van der Waals surface area contributed by atoms with Crippen molar-refractivity contribution in [3.8, 4) is 6.07 Å². The lowest BCUT2D eigenvalue weighted by Gasteiger charge is -2.39. The van der Waals surface area contributed by atoms with Gasteiger partial charge >= 0.3 is 0 Å². The van der Waals surface area contributed by atoms with Crippen LogP contribution < -0.4 is 30.9 Å². The van der Waals surface area contributed by atoms with Gasteiger partial charge in [-0.2, -0.15) is 5.26 Å². The first-order valence-electron chi connectivity index (χ1n) is 19.6. The lowest BCUT2D eigenvalue weighted by molar-refractivity contribution is -0.137. The molecule has 4 aliphatic rings. The molecule has 2 N–H and O–H groups in total. The summed E-state index contributed by atoms with van der Waals surface area (Å²) in [7, 11) is 3.89. The zero-order valence-electron chi connectivity index (χ0n) is 32.1. The van der Waals surface area contributed by atoms with Gasteiger partial charge in [0, 0.05) is 82.3 Å². The van der Waals surface area contributed by atoms with Gasteiger partial charge in [0.1, 0.15) is 11.9 Å². The Morgan fingerprint density at radius 2 is 1.59 bits per heavy atom. The molecule has 290 valence electrons. The van der Waals surface area contributed by atoms with Crippen LogP contribution in [0.15, 0.2) is 59.4 Å². The number of likely N-dealkylation sites (tertiary alicyclic amines) is 1. The van der Waals surface area contributed by atoms with E-state index in [0.717, 1.165) is 59.5 Å². The number of nitrogens with zero attached hydrogens (tertiary/aromatic N) is 6. The van der Waals surface area contributed by atoms with Crippen LogP contribution in [0.2, 0.25) is 0 Å². The topological polar surface area (TPSA) is 134 Å². The SMILES string of the molecule is Cc1cc2c(N3CCN(C)c4ccc(C#N)cc43)cc(C3CCN(C(=O)C4CCN(c5ccc(NC6CCC(=O)NC6=O)cc5F)CC4)CC3)cc2n(C)c1=O. The number of benzene rings is 3. The average Bonchev–Trinajstić information content (AvgIpc) is 3.21. The smallest absolute Gasteiger partial charge is 0.253 e. The highest BCUT2D eigenvalue weighted by molar-refractivity contribution is 6.01. The van der Waals surface area contributed by atoms with E-state index in [1.54, 1.807) is 16.7 Å². The van der Waals surface area contributed by atoms with Gasteiger partial charge in [-0.05, 0) is 105 Å². The molecule has 0 bridgehead atoms. The molecular weight excluding hydrogens is 712 g/mol. The first-order chi connectivity index (χ1) is 27.0. The monoisotopic (exact) mass is 758 g/mol. The molecule has 0 saturated carbocycles. The van der Waals surface area contributed by atoms with Gasteiger partial charge in [-0.15, -0.1) is 0 Å². The molecule has 3 amide bonds. The first-order valence-corrected chi connectivity index (χ1v) is 19.6. The number of hydrogen-bond donors (Lipinski definition) is 2. The van der Waals surface area contributed by atoms with E-state index in [4.69, 9.17) is 0 Å². The van der Waals surface area contributed by atoms with Gasteiger partial charge in [0.15, 0.2) is 0 Å². The molecule has 4 aliphatic heterocycles. The van der Waals surface area contributed by atoms with Crippen LogP contribution in [0.1, 0.15) is 61.1 Å². The van der Waals surface area contributed by atoms with E-state index in [0.29, 0.717) is 67.9 Å². The summed E-state index contributed by atoms with van der Waals surface area (Å²) in [5, 5.41) is 16.1. The van der Waals surface area contributed by atoms with Crippen LogP contribution in [0.3, 0.4) is 0 Å². The molecule has 5 heterocycles. The van der Waals surface area contributed by atoms with Crippen LogP contribution in [0.25, 0.3) is 10.9 Å². The molecule has 1 atom stereocenters. The van der Waals surface area contributed by atoms with E-state index in [2.05, 4.69) is 45.7 Å². The Morgan fingerprint density at radius 3 is 2.30 bits per heavy atom. The Balaban J connectivity index is 0.944. The Hall–Kier alpha value is -5.90. The number of rotatable bonds is 6. The Bertz CT molecular complexity index is 2340. The van der Waals surface area contributed by atoms with Crippen LogP contribution in [-0.2, 0) is 21.4 Å². The summed E-state index contributed by atoms with van der Waals surface area (Å²) in [4.78, 5) is 59.1. The minimum absolute atomic E-state index is 0.0286. The van der Waals surface area contributed by atoms with Crippen LogP contribution in [0.4, 0.5) is 32.8 Å². The van der Waals surface area contributed by atoms with Crippen molar-refractivity contribution in [3.05, 3.63) is 87.5 Å². The van der Waals surface area contributed by atoms with E-state index in [9.17, 15) is 24.4 Å². The van der Waals surface area contributed by atoms with E-state index < -0.39 is 17.8 Å². The standard InChI is InChI=1S/C43H47FN8O4/c1-26-20-32-37(49(3)42(26)55)22-30(23-38(32)52-19-18-48(2)36-7-4-27(25-45)21-39(36)52)28-10-16-51(17-11-28)43(56)29-12-14-50(15-13-29)35-8-5-31(24-33(35)44)46-34-6-9-40(53)47-41(34)54/h4-5,7-8,20-24,28-29,34,46H,6,9-19H2,1-3H3,(H,47,53,54). The number of anilines is 5. The van der Waals surface area contributed by atoms with Crippen LogP contribution in [0.5, 0.6) is 0 Å². The number of amides is 3. The molecule has 0 radical (unpaired) electrons. The molecule has 3 aromatic carbocycles. The van der Waals surface area contributed by atoms with Crippen LogP contribution >= 0.6 is 0 Å². The number of nitriles is 1. The number of aryl methyl sites for hydroxylation is 2. The maximum Gasteiger partial charge on any atom is 0.253 e. The highest BCUT2D eigenvalue weighted by Gasteiger charge is 2.33. The molecule has 13 heteroatoms. The number of nitrogens with one attached hydrogen (secondary N) is 2. The molecule has 1 aromatic heterocycles. The van der Waals surface area contributed by atoms with Gasteiger partial charge in [-0.25, -0.2) is 4.39 Å².